The number of hydrogen-bond donors (Lipinski definition) is 0. The lowest BCUT2D eigenvalue weighted by molar-refractivity contribution is 0.626. The second kappa shape index (κ2) is 8.45. The van der Waals surface area contributed by atoms with Gasteiger partial charge in [-0.2, -0.15) is 0 Å². The molecule has 124 valence electrons. The molecule has 0 saturated heterocycles. The lowest BCUT2D eigenvalue weighted by Crippen LogP contribution is -1.96. The van der Waals surface area contributed by atoms with Gasteiger partial charge in [0.1, 0.15) is 5.82 Å². The predicted molar refractivity (Wildman–Crippen MR) is 105 cm³/mol. The number of rotatable bonds is 5. The van der Waals surface area contributed by atoms with Gasteiger partial charge in [-0.3, -0.25) is 0 Å². The highest BCUT2D eigenvalue weighted by molar-refractivity contribution is 8.02. The quantitative estimate of drug-likeness (QED) is 0.376. The molecule has 25 heavy (non-hydrogen) atoms. The molecule has 0 unspecified atom stereocenters. The van der Waals surface area contributed by atoms with E-state index in [1.54, 1.807) is 12.1 Å². The van der Waals surface area contributed by atoms with Gasteiger partial charge in [-0.05, 0) is 60.9 Å². The van der Waals surface area contributed by atoms with E-state index in [1.807, 2.05) is 47.9 Å². The zero-order valence-corrected chi connectivity index (χ0v) is 14.7. The molecule has 0 aromatic heterocycles. The Kier molecular flexibility index (Phi) is 5.81. The lowest BCUT2D eigenvalue weighted by Gasteiger charge is -2.04. The molecule has 3 aromatic carbocycles. The van der Waals surface area contributed by atoms with Crippen LogP contribution < -0.4 is 0 Å². The number of para-hydroxylation sites is 1. The molecule has 0 N–H and O–H groups in total. The smallest absolute Gasteiger partial charge is 0.123 e. The Bertz CT molecular complexity index is 883. The molecule has 0 saturated carbocycles. The number of benzene rings is 3. The van der Waals surface area contributed by atoms with Crippen LogP contribution in [0.4, 0.5) is 10.1 Å². The number of thioether (sulfide) groups is 1. The molecule has 3 rings (SSSR count). The van der Waals surface area contributed by atoms with Crippen LogP contribution in [0.1, 0.15) is 11.1 Å². The average molecular weight is 347 g/mol. The predicted octanol–water partition coefficient (Wildman–Crippen LogP) is 6.56. The van der Waals surface area contributed by atoms with Crippen LogP contribution in [0.15, 0.2) is 100 Å². The van der Waals surface area contributed by atoms with Gasteiger partial charge in [0.05, 0.1) is 11.4 Å². The van der Waals surface area contributed by atoms with Crippen molar-refractivity contribution in [3.8, 4) is 0 Å². The second-order valence-corrected chi connectivity index (χ2v) is 6.56. The number of hydrogen-bond acceptors (Lipinski definition) is 2. The SMILES string of the molecule is Cc1cccc(C(C=CSc2ccc(F)cc2)=Nc2ccccc2)c1. The third-order valence-corrected chi connectivity index (χ3v) is 4.38. The van der Waals surface area contributed by atoms with Gasteiger partial charge >= 0.3 is 0 Å². The summed E-state index contributed by atoms with van der Waals surface area (Å²) < 4.78 is 13.0. The first-order valence-corrected chi connectivity index (χ1v) is 8.88. The fourth-order valence-corrected chi connectivity index (χ4v) is 2.98. The van der Waals surface area contributed by atoms with Crippen molar-refractivity contribution in [2.45, 2.75) is 11.8 Å². The second-order valence-electron chi connectivity index (χ2n) is 5.58. The molecule has 0 radical (unpaired) electrons. The molecule has 0 fully saturated rings. The van der Waals surface area contributed by atoms with E-state index in [1.165, 1.54) is 29.5 Å². The van der Waals surface area contributed by atoms with E-state index in [0.717, 1.165) is 21.9 Å². The van der Waals surface area contributed by atoms with E-state index >= 15 is 0 Å². The number of halogens is 1. The maximum Gasteiger partial charge on any atom is 0.123 e. The van der Waals surface area contributed by atoms with Gasteiger partial charge in [-0.25, -0.2) is 9.38 Å². The van der Waals surface area contributed by atoms with Gasteiger partial charge in [0.15, 0.2) is 0 Å². The maximum atomic E-state index is 13.0. The summed E-state index contributed by atoms with van der Waals surface area (Å²) in [5, 5.41) is 1.98. The van der Waals surface area contributed by atoms with E-state index < -0.39 is 0 Å². The molecule has 0 aliphatic heterocycles. The summed E-state index contributed by atoms with van der Waals surface area (Å²) in [4.78, 5) is 5.76. The van der Waals surface area contributed by atoms with E-state index in [-0.39, 0.29) is 5.82 Å². The first kappa shape index (κ1) is 17.2. The molecule has 1 nitrogen and oxygen atoms in total. The highest BCUT2D eigenvalue weighted by Crippen LogP contribution is 2.21. The normalized spacial score (nSPS) is 11.8. The maximum absolute atomic E-state index is 13.0. The molecular formula is C22H18FNS. The van der Waals surface area contributed by atoms with Crippen LogP contribution in [0.25, 0.3) is 0 Å². The summed E-state index contributed by atoms with van der Waals surface area (Å²) in [7, 11) is 0. The Morgan fingerprint density at radius 3 is 2.40 bits per heavy atom. The van der Waals surface area contributed by atoms with Crippen LogP contribution >= 0.6 is 11.8 Å². The standard InChI is InChI=1S/C22H18FNS/c1-17-6-5-7-18(16-17)22(24-20-8-3-2-4-9-20)14-15-25-21-12-10-19(23)11-13-21/h2-16H,1H3. The monoisotopic (exact) mass is 347 g/mol. The van der Waals surface area contributed by atoms with Crippen molar-refractivity contribution in [1.29, 1.82) is 0 Å². The molecule has 3 heteroatoms. The summed E-state index contributed by atoms with van der Waals surface area (Å²) in [5.74, 6) is -0.223. The number of aryl methyl sites for hydroxylation is 1. The molecule has 3 aromatic rings. The molecule has 0 aliphatic rings. The van der Waals surface area contributed by atoms with Crippen molar-refractivity contribution in [3.05, 3.63) is 107 Å². The third-order valence-electron chi connectivity index (χ3n) is 3.56. The molecule has 0 heterocycles. The topological polar surface area (TPSA) is 12.4 Å². The van der Waals surface area contributed by atoms with Gasteiger partial charge in [-0.15, -0.1) is 0 Å². The van der Waals surface area contributed by atoms with Crippen LogP contribution in [0.3, 0.4) is 0 Å². The fraction of sp³-hybridized carbons (Fsp3) is 0.0455. The Morgan fingerprint density at radius 1 is 0.920 bits per heavy atom. The Hall–Kier alpha value is -2.65. The van der Waals surface area contributed by atoms with E-state index in [4.69, 9.17) is 4.99 Å². The highest BCUT2D eigenvalue weighted by Gasteiger charge is 2.01. The zero-order chi connectivity index (χ0) is 17.5. The Labute approximate surface area is 151 Å². The largest absolute Gasteiger partial charge is 0.248 e. The summed E-state index contributed by atoms with van der Waals surface area (Å²) in [6.45, 7) is 2.07. The highest BCUT2D eigenvalue weighted by atomic mass is 32.2. The minimum atomic E-state index is -0.223. The summed E-state index contributed by atoms with van der Waals surface area (Å²) in [5.41, 5.74) is 4.07. The molecule has 0 atom stereocenters. The molecule has 0 aliphatic carbocycles. The van der Waals surface area contributed by atoms with Crippen molar-refractivity contribution in [3.63, 3.8) is 0 Å². The summed E-state index contributed by atoms with van der Waals surface area (Å²) >= 11 is 1.54. The number of nitrogens with zero attached hydrogens (tertiary/aromatic N) is 1. The van der Waals surface area contributed by atoms with Gasteiger partial charge in [-0.1, -0.05) is 53.7 Å². The van der Waals surface area contributed by atoms with Crippen molar-refractivity contribution in [2.24, 2.45) is 4.99 Å². The van der Waals surface area contributed by atoms with Crippen LogP contribution in [-0.4, -0.2) is 5.71 Å². The number of aliphatic imine (C=N–C) groups is 1. The summed E-state index contributed by atoms with van der Waals surface area (Å²) in [6, 6.07) is 24.6. The van der Waals surface area contributed by atoms with Gasteiger partial charge < -0.3 is 0 Å². The first-order valence-electron chi connectivity index (χ1n) is 8.00. The van der Waals surface area contributed by atoms with Crippen molar-refractivity contribution in [2.75, 3.05) is 0 Å². The van der Waals surface area contributed by atoms with Crippen molar-refractivity contribution >= 4 is 23.2 Å². The van der Waals surface area contributed by atoms with Crippen LogP contribution in [0.5, 0.6) is 0 Å². The Balaban J connectivity index is 1.87. The van der Waals surface area contributed by atoms with Gasteiger partial charge in [0.25, 0.3) is 0 Å². The Morgan fingerprint density at radius 2 is 1.68 bits per heavy atom. The van der Waals surface area contributed by atoms with Crippen LogP contribution in [-0.2, 0) is 0 Å². The first-order chi connectivity index (χ1) is 12.2. The minimum absolute atomic E-state index is 0.223. The van der Waals surface area contributed by atoms with Crippen molar-refractivity contribution < 1.29 is 4.39 Å². The number of allylic oxidation sites excluding steroid dienone is 1. The third kappa shape index (κ3) is 5.16. The van der Waals surface area contributed by atoms with E-state index in [2.05, 4.69) is 25.1 Å². The molecule has 0 spiro atoms. The van der Waals surface area contributed by atoms with Crippen LogP contribution in [0.2, 0.25) is 0 Å². The zero-order valence-electron chi connectivity index (χ0n) is 13.9. The van der Waals surface area contributed by atoms with Crippen molar-refractivity contribution in [1.82, 2.24) is 0 Å². The minimum Gasteiger partial charge on any atom is -0.248 e. The van der Waals surface area contributed by atoms with Gasteiger partial charge in [0.2, 0.25) is 0 Å². The fourth-order valence-electron chi connectivity index (χ4n) is 2.33. The molecule has 0 bridgehead atoms. The van der Waals surface area contributed by atoms with Gasteiger partial charge in [0, 0.05) is 10.5 Å². The van der Waals surface area contributed by atoms with Crippen LogP contribution in [0, 0.1) is 12.7 Å². The van der Waals surface area contributed by atoms with E-state index in [9.17, 15) is 4.39 Å². The summed E-state index contributed by atoms with van der Waals surface area (Å²) in [6.07, 6.45) is 2.00. The van der Waals surface area contributed by atoms with E-state index in [0.29, 0.717) is 0 Å². The molecular weight excluding hydrogens is 329 g/mol. The average Bonchev–Trinajstić information content (AvgIpc) is 2.63. The molecule has 0 amide bonds. The lowest BCUT2D eigenvalue weighted by atomic mass is 10.1.